The maximum absolute atomic E-state index is 12.9. The molecule has 3 heterocycles. The fraction of sp³-hybridized carbons (Fsp3) is 0.214. The van der Waals surface area contributed by atoms with Crippen LogP contribution in [0.5, 0.6) is 0 Å². The highest BCUT2D eigenvalue weighted by Crippen LogP contribution is 2.26. The quantitative estimate of drug-likeness (QED) is 0.446. The second-order valence-corrected chi connectivity index (χ2v) is 8.71. The lowest BCUT2D eigenvalue weighted by molar-refractivity contribution is 0.102. The van der Waals surface area contributed by atoms with Crippen LogP contribution in [-0.2, 0) is 6.54 Å². The Balaban J connectivity index is 1.31. The van der Waals surface area contributed by atoms with Gasteiger partial charge in [0.1, 0.15) is 0 Å². The molecule has 1 fully saturated rings. The van der Waals surface area contributed by atoms with Gasteiger partial charge in [0.15, 0.2) is 5.82 Å². The molecule has 0 atom stereocenters. The molecule has 0 radical (unpaired) electrons. The van der Waals surface area contributed by atoms with E-state index in [0.29, 0.717) is 17.1 Å². The zero-order chi connectivity index (χ0) is 24.0. The van der Waals surface area contributed by atoms with Crippen LogP contribution in [0.3, 0.4) is 0 Å². The third-order valence-corrected chi connectivity index (χ3v) is 6.18. The molecule has 0 unspecified atom stereocenters. The fourth-order valence-corrected chi connectivity index (χ4v) is 4.20. The van der Waals surface area contributed by atoms with Crippen LogP contribution in [0.2, 0.25) is 0 Å². The summed E-state index contributed by atoms with van der Waals surface area (Å²) in [5, 5.41) is 6.39. The number of benzene rings is 2. The van der Waals surface area contributed by atoms with Crippen molar-refractivity contribution in [3.05, 3.63) is 95.9 Å². The summed E-state index contributed by atoms with van der Waals surface area (Å²) < 4.78 is 0. The highest BCUT2D eigenvalue weighted by Gasteiger charge is 2.13. The van der Waals surface area contributed by atoms with Gasteiger partial charge in [-0.15, -0.1) is 0 Å². The molecule has 7 heteroatoms. The molecule has 7 nitrogen and oxygen atoms in total. The summed E-state index contributed by atoms with van der Waals surface area (Å²) in [6, 6.07) is 19.4. The monoisotopic (exact) mass is 464 g/mol. The Bertz CT molecular complexity index is 1300. The molecule has 35 heavy (non-hydrogen) atoms. The van der Waals surface area contributed by atoms with Crippen molar-refractivity contribution in [3.8, 4) is 22.6 Å². The number of carbonyl (C=O) groups is 1. The number of amides is 1. The second-order valence-electron chi connectivity index (χ2n) is 8.71. The molecule has 2 N–H and O–H groups in total. The highest BCUT2D eigenvalue weighted by molar-refractivity contribution is 6.04. The first-order chi connectivity index (χ1) is 17.2. The molecule has 1 aliphatic heterocycles. The second kappa shape index (κ2) is 10.5. The van der Waals surface area contributed by atoms with Gasteiger partial charge in [-0.1, -0.05) is 18.2 Å². The standard InChI is InChI=1S/C28H28N6O/c1-20-4-9-24(17-25(20)27-31-12-10-26(33-27)23-3-2-11-30-18-23)32-28(35)22-7-5-21(6-8-22)19-34-15-13-29-14-16-34/h2-12,17-18,29H,13-16,19H2,1H3,(H,32,35). The molecule has 4 aromatic rings. The van der Waals surface area contributed by atoms with Crippen LogP contribution in [0.15, 0.2) is 79.3 Å². The first kappa shape index (κ1) is 22.8. The number of nitrogens with zero attached hydrogens (tertiary/aromatic N) is 4. The molecule has 1 aliphatic rings. The summed E-state index contributed by atoms with van der Waals surface area (Å²) in [4.78, 5) is 28.7. The molecule has 2 aromatic carbocycles. The fourth-order valence-electron chi connectivity index (χ4n) is 4.20. The molecule has 0 saturated carbocycles. The molecule has 0 aliphatic carbocycles. The van der Waals surface area contributed by atoms with Crippen LogP contribution in [0, 0.1) is 6.92 Å². The number of carbonyl (C=O) groups excluding carboxylic acids is 1. The van der Waals surface area contributed by atoms with Crippen molar-refractivity contribution < 1.29 is 4.79 Å². The molecule has 0 bridgehead atoms. The predicted molar refractivity (Wildman–Crippen MR) is 138 cm³/mol. The van der Waals surface area contributed by atoms with Gasteiger partial charge in [-0.3, -0.25) is 14.7 Å². The minimum Gasteiger partial charge on any atom is -0.322 e. The summed E-state index contributed by atoms with van der Waals surface area (Å²) in [5.41, 5.74) is 6.19. The van der Waals surface area contributed by atoms with E-state index in [0.717, 1.165) is 55.1 Å². The average Bonchev–Trinajstić information content (AvgIpc) is 2.91. The van der Waals surface area contributed by atoms with Crippen LogP contribution in [0.25, 0.3) is 22.6 Å². The Kier molecular flexibility index (Phi) is 6.88. The maximum Gasteiger partial charge on any atom is 0.255 e. The van der Waals surface area contributed by atoms with Crippen molar-refractivity contribution in [2.24, 2.45) is 0 Å². The van der Waals surface area contributed by atoms with Gasteiger partial charge in [0.2, 0.25) is 0 Å². The lowest BCUT2D eigenvalue weighted by atomic mass is 10.1. The van der Waals surface area contributed by atoms with E-state index in [1.54, 1.807) is 18.6 Å². The summed E-state index contributed by atoms with van der Waals surface area (Å²) in [5.74, 6) is 0.468. The zero-order valence-electron chi connectivity index (χ0n) is 19.7. The van der Waals surface area contributed by atoms with Crippen molar-refractivity contribution in [1.82, 2.24) is 25.2 Å². The van der Waals surface area contributed by atoms with Crippen molar-refractivity contribution in [2.75, 3.05) is 31.5 Å². The van der Waals surface area contributed by atoms with Crippen LogP contribution < -0.4 is 10.6 Å². The first-order valence-corrected chi connectivity index (χ1v) is 11.8. The molecule has 176 valence electrons. The Hall–Kier alpha value is -3.94. The Morgan fingerprint density at radius 2 is 1.86 bits per heavy atom. The number of aromatic nitrogens is 3. The van der Waals surface area contributed by atoms with E-state index < -0.39 is 0 Å². The number of piperazine rings is 1. The normalized spacial score (nSPS) is 14.0. The van der Waals surface area contributed by atoms with Crippen LogP contribution in [0.1, 0.15) is 21.5 Å². The van der Waals surface area contributed by atoms with E-state index in [1.165, 1.54) is 5.56 Å². The van der Waals surface area contributed by atoms with Gasteiger partial charge in [-0.2, -0.15) is 0 Å². The van der Waals surface area contributed by atoms with Gasteiger partial charge in [-0.05, 0) is 60.5 Å². The lowest BCUT2D eigenvalue weighted by Crippen LogP contribution is -2.42. The topological polar surface area (TPSA) is 83.0 Å². The number of nitrogens with one attached hydrogen (secondary N) is 2. The smallest absolute Gasteiger partial charge is 0.255 e. The summed E-state index contributed by atoms with van der Waals surface area (Å²) in [6.45, 7) is 7.07. The van der Waals surface area contributed by atoms with Gasteiger partial charge in [0, 0.05) is 73.7 Å². The molecular formula is C28H28N6O. The molecule has 1 saturated heterocycles. The summed E-state index contributed by atoms with van der Waals surface area (Å²) >= 11 is 0. The van der Waals surface area contributed by atoms with Gasteiger partial charge in [0.05, 0.1) is 5.69 Å². The summed E-state index contributed by atoms with van der Waals surface area (Å²) in [6.07, 6.45) is 5.27. The highest BCUT2D eigenvalue weighted by atomic mass is 16.1. The molecule has 2 aromatic heterocycles. The SMILES string of the molecule is Cc1ccc(NC(=O)c2ccc(CN3CCNCC3)cc2)cc1-c1nccc(-c2cccnc2)n1. The zero-order valence-corrected chi connectivity index (χ0v) is 19.7. The Morgan fingerprint density at radius 1 is 1.03 bits per heavy atom. The molecule has 5 rings (SSSR count). The van der Waals surface area contributed by atoms with Crippen LogP contribution >= 0.6 is 0 Å². The van der Waals surface area contributed by atoms with E-state index in [9.17, 15) is 4.79 Å². The Morgan fingerprint density at radius 3 is 2.63 bits per heavy atom. The van der Waals surface area contributed by atoms with Crippen molar-refractivity contribution in [3.63, 3.8) is 0 Å². The number of hydrogen-bond acceptors (Lipinski definition) is 6. The van der Waals surface area contributed by atoms with Crippen molar-refractivity contribution in [1.29, 1.82) is 0 Å². The maximum atomic E-state index is 12.9. The van der Waals surface area contributed by atoms with Gasteiger partial charge < -0.3 is 10.6 Å². The van der Waals surface area contributed by atoms with E-state index in [2.05, 4.69) is 25.5 Å². The van der Waals surface area contributed by atoms with Crippen LogP contribution in [0.4, 0.5) is 5.69 Å². The predicted octanol–water partition coefficient (Wildman–Crippen LogP) is 4.17. The number of rotatable bonds is 6. The molecular weight excluding hydrogens is 436 g/mol. The van der Waals surface area contributed by atoms with E-state index >= 15 is 0 Å². The Labute approximate surface area is 205 Å². The van der Waals surface area contributed by atoms with Gasteiger partial charge in [0.25, 0.3) is 5.91 Å². The lowest BCUT2D eigenvalue weighted by Gasteiger charge is -2.27. The van der Waals surface area contributed by atoms with E-state index in [-0.39, 0.29) is 5.91 Å². The van der Waals surface area contributed by atoms with Crippen molar-refractivity contribution in [2.45, 2.75) is 13.5 Å². The van der Waals surface area contributed by atoms with Gasteiger partial charge in [-0.25, -0.2) is 9.97 Å². The molecule has 0 spiro atoms. The van der Waals surface area contributed by atoms with Crippen LogP contribution in [-0.4, -0.2) is 51.9 Å². The third kappa shape index (κ3) is 5.59. The first-order valence-electron chi connectivity index (χ1n) is 11.8. The number of aryl methyl sites for hydroxylation is 1. The number of pyridine rings is 1. The van der Waals surface area contributed by atoms with E-state index in [1.807, 2.05) is 67.6 Å². The third-order valence-electron chi connectivity index (χ3n) is 6.18. The molecule has 1 amide bonds. The minimum atomic E-state index is -0.140. The number of anilines is 1. The summed E-state index contributed by atoms with van der Waals surface area (Å²) in [7, 11) is 0. The van der Waals surface area contributed by atoms with Gasteiger partial charge >= 0.3 is 0 Å². The average molecular weight is 465 g/mol. The largest absolute Gasteiger partial charge is 0.322 e. The van der Waals surface area contributed by atoms with Crippen molar-refractivity contribution >= 4 is 11.6 Å². The van der Waals surface area contributed by atoms with E-state index in [4.69, 9.17) is 4.98 Å². The number of hydrogen-bond donors (Lipinski definition) is 2. The minimum absolute atomic E-state index is 0.140.